The molecule has 14 nitrogen and oxygen atoms in total. The van der Waals surface area contributed by atoms with Gasteiger partial charge in [0.05, 0.1) is 12.0 Å². The van der Waals surface area contributed by atoms with Gasteiger partial charge in [-0.15, -0.1) is 0 Å². The fraction of sp³-hybridized carbons (Fsp3) is 0.0968. The number of nitrogens with zero attached hydrogens (tertiary/aromatic N) is 5. The van der Waals surface area contributed by atoms with Gasteiger partial charge in [0.25, 0.3) is 15.9 Å². The maximum atomic E-state index is 13.6. The SMILES string of the molecule is C=Cc1ccc(S(=O)(=O)Nc2nc(-c3ncccn3)nc(OCCOC(=O)Nc3ccccn3)c2Oc2ccccc2OC)cc1. The zero-order chi connectivity index (χ0) is 32.4. The third kappa shape index (κ3) is 7.89. The van der Waals surface area contributed by atoms with Crippen molar-refractivity contribution >= 4 is 33.8 Å². The Kier molecular flexibility index (Phi) is 9.94. The first-order valence-corrected chi connectivity index (χ1v) is 15.1. The number of methoxy groups -OCH3 is 1. The van der Waals surface area contributed by atoms with E-state index in [1.807, 2.05) is 0 Å². The Labute approximate surface area is 264 Å². The molecule has 0 saturated heterocycles. The molecular weight excluding hydrogens is 614 g/mol. The average Bonchev–Trinajstić information content (AvgIpc) is 3.08. The van der Waals surface area contributed by atoms with Crippen LogP contribution in [0.3, 0.4) is 0 Å². The summed E-state index contributed by atoms with van der Waals surface area (Å²) in [5.41, 5.74) is 0.733. The van der Waals surface area contributed by atoms with Crippen LogP contribution in [0, 0.1) is 0 Å². The van der Waals surface area contributed by atoms with Gasteiger partial charge in [-0.05, 0) is 48.0 Å². The lowest BCUT2D eigenvalue weighted by molar-refractivity contribution is 0.135. The second-order valence-corrected chi connectivity index (χ2v) is 10.7. The van der Waals surface area contributed by atoms with Gasteiger partial charge in [0, 0.05) is 18.6 Å². The van der Waals surface area contributed by atoms with Gasteiger partial charge in [-0.2, -0.15) is 4.98 Å². The van der Waals surface area contributed by atoms with Gasteiger partial charge < -0.3 is 18.9 Å². The van der Waals surface area contributed by atoms with E-state index in [0.717, 1.165) is 5.56 Å². The lowest BCUT2D eigenvalue weighted by atomic mass is 10.2. The number of anilines is 2. The molecule has 5 aromatic rings. The number of hydrogen-bond donors (Lipinski definition) is 2. The number of aromatic nitrogens is 5. The highest BCUT2D eigenvalue weighted by Gasteiger charge is 2.26. The number of amides is 1. The topological polar surface area (TPSA) is 177 Å². The first-order valence-electron chi connectivity index (χ1n) is 13.6. The van der Waals surface area contributed by atoms with Crippen molar-refractivity contribution in [3.05, 3.63) is 104 Å². The quantitative estimate of drug-likeness (QED) is 0.161. The fourth-order valence-corrected chi connectivity index (χ4v) is 4.84. The third-order valence-corrected chi connectivity index (χ3v) is 7.34. The zero-order valence-corrected chi connectivity index (χ0v) is 25.2. The minimum absolute atomic E-state index is 0.0488. The average molecular weight is 642 g/mol. The van der Waals surface area contributed by atoms with Crippen molar-refractivity contribution in [2.45, 2.75) is 4.90 Å². The van der Waals surface area contributed by atoms with E-state index in [2.05, 4.69) is 41.5 Å². The Bertz CT molecular complexity index is 1910. The number of carbonyl (C=O) groups is 1. The Morgan fingerprint density at radius 3 is 2.26 bits per heavy atom. The largest absolute Gasteiger partial charge is 0.493 e. The molecule has 0 saturated carbocycles. The van der Waals surface area contributed by atoms with E-state index in [4.69, 9.17) is 18.9 Å². The molecule has 0 aliphatic heterocycles. The van der Waals surface area contributed by atoms with Crippen LogP contribution in [0.1, 0.15) is 5.56 Å². The molecule has 234 valence electrons. The van der Waals surface area contributed by atoms with Crippen LogP contribution >= 0.6 is 0 Å². The number of benzene rings is 2. The fourth-order valence-electron chi connectivity index (χ4n) is 3.84. The first-order chi connectivity index (χ1) is 22.4. The maximum Gasteiger partial charge on any atom is 0.412 e. The van der Waals surface area contributed by atoms with Gasteiger partial charge in [-0.3, -0.25) is 10.0 Å². The Morgan fingerprint density at radius 1 is 0.848 bits per heavy atom. The summed E-state index contributed by atoms with van der Waals surface area (Å²) in [6.45, 7) is 3.27. The molecule has 46 heavy (non-hydrogen) atoms. The number of pyridine rings is 1. The molecule has 0 aliphatic rings. The molecule has 0 radical (unpaired) electrons. The number of para-hydroxylation sites is 2. The highest BCUT2D eigenvalue weighted by Crippen LogP contribution is 2.41. The molecule has 2 N–H and O–H groups in total. The summed E-state index contributed by atoms with van der Waals surface area (Å²) in [7, 11) is -2.76. The second-order valence-electron chi connectivity index (χ2n) is 9.06. The van der Waals surface area contributed by atoms with E-state index < -0.39 is 16.1 Å². The first kappa shape index (κ1) is 31.3. The standard InChI is InChI=1S/C31H27N7O7S/c1-3-21-12-14-22(15-13-21)46(40,41)38-27-26(45-24-10-5-4-9-23(24)42-2)30(37-29(36-27)28-33-17-8-18-34-28)43-19-20-44-31(39)35-25-11-6-7-16-32-25/h3-18H,1,19-20H2,2H3,(H,32,35,39)(H,36,37,38). The molecule has 1 amide bonds. The van der Waals surface area contributed by atoms with Crippen LogP contribution < -0.4 is 24.2 Å². The van der Waals surface area contributed by atoms with Gasteiger partial charge in [0.1, 0.15) is 19.0 Å². The van der Waals surface area contributed by atoms with Gasteiger partial charge in [-0.25, -0.2) is 33.1 Å². The predicted molar refractivity (Wildman–Crippen MR) is 168 cm³/mol. The van der Waals surface area contributed by atoms with Crippen molar-refractivity contribution in [3.63, 3.8) is 0 Å². The summed E-state index contributed by atoms with van der Waals surface area (Å²) in [6, 6.07) is 19.4. The van der Waals surface area contributed by atoms with Gasteiger partial charge in [0.2, 0.25) is 11.6 Å². The number of sulfonamides is 1. The second kappa shape index (κ2) is 14.6. The monoisotopic (exact) mass is 641 g/mol. The van der Waals surface area contributed by atoms with Crippen molar-refractivity contribution in [3.8, 4) is 34.8 Å². The molecule has 0 bridgehead atoms. The minimum Gasteiger partial charge on any atom is -0.493 e. The number of carbonyl (C=O) groups excluding carboxylic acids is 1. The van der Waals surface area contributed by atoms with Crippen LogP contribution in [0.4, 0.5) is 16.4 Å². The number of nitrogens with one attached hydrogen (secondary N) is 2. The van der Waals surface area contributed by atoms with Gasteiger partial charge in [-0.1, -0.05) is 43.0 Å². The summed E-state index contributed by atoms with van der Waals surface area (Å²) in [4.78, 5) is 33.4. The summed E-state index contributed by atoms with van der Waals surface area (Å²) in [5, 5.41) is 2.49. The van der Waals surface area contributed by atoms with Crippen molar-refractivity contribution in [1.82, 2.24) is 24.9 Å². The molecule has 3 heterocycles. The Balaban J connectivity index is 1.50. The zero-order valence-electron chi connectivity index (χ0n) is 24.4. The van der Waals surface area contributed by atoms with E-state index in [-0.39, 0.29) is 53.0 Å². The number of rotatable bonds is 13. The third-order valence-electron chi connectivity index (χ3n) is 5.99. The van der Waals surface area contributed by atoms with Crippen molar-refractivity contribution in [2.24, 2.45) is 0 Å². The van der Waals surface area contributed by atoms with Crippen LogP contribution in [0.5, 0.6) is 23.1 Å². The summed E-state index contributed by atoms with van der Waals surface area (Å²) in [5.74, 6) is 0.191. The molecule has 0 fully saturated rings. The van der Waals surface area contributed by atoms with Gasteiger partial charge in [0.15, 0.2) is 23.1 Å². The van der Waals surface area contributed by atoms with E-state index in [0.29, 0.717) is 11.6 Å². The molecular formula is C31H27N7O7S. The Morgan fingerprint density at radius 2 is 1.57 bits per heavy atom. The van der Waals surface area contributed by atoms with E-state index in [1.165, 1.54) is 37.8 Å². The van der Waals surface area contributed by atoms with Crippen molar-refractivity contribution in [1.29, 1.82) is 0 Å². The maximum absolute atomic E-state index is 13.6. The molecule has 5 rings (SSSR count). The number of hydrogen-bond acceptors (Lipinski definition) is 12. The molecule has 15 heteroatoms. The van der Waals surface area contributed by atoms with Crippen molar-refractivity contribution in [2.75, 3.05) is 30.4 Å². The lowest BCUT2D eigenvalue weighted by Crippen LogP contribution is -2.19. The normalized spacial score (nSPS) is 10.8. The van der Waals surface area contributed by atoms with Crippen LogP contribution in [0.25, 0.3) is 17.7 Å². The van der Waals surface area contributed by atoms with Crippen LogP contribution in [-0.2, 0) is 14.8 Å². The summed E-state index contributed by atoms with van der Waals surface area (Å²) >= 11 is 0. The van der Waals surface area contributed by atoms with Crippen molar-refractivity contribution < 1.29 is 32.2 Å². The highest BCUT2D eigenvalue weighted by atomic mass is 32.2. The molecule has 0 unspecified atom stereocenters. The van der Waals surface area contributed by atoms with Gasteiger partial charge >= 0.3 is 6.09 Å². The van der Waals surface area contributed by atoms with E-state index >= 15 is 0 Å². The molecule has 2 aromatic carbocycles. The summed E-state index contributed by atoms with van der Waals surface area (Å²) < 4.78 is 52.2. The number of ether oxygens (including phenoxy) is 4. The van der Waals surface area contributed by atoms with E-state index in [9.17, 15) is 13.2 Å². The molecule has 0 aliphatic carbocycles. The van der Waals surface area contributed by atoms with Crippen LogP contribution in [0.15, 0.2) is 103 Å². The summed E-state index contributed by atoms with van der Waals surface area (Å²) in [6.07, 6.45) is 5.31. The van der Waals surface area contributed by atoms with Crippen LogP contribution in [-0.4, -0.2) is 59.8 Å². The van der Waals surface area contributed by atoms with Crippen LogP contribution in [0.2, 0.25) is 0 Å². The minimum atomic E-state index is -4.22. The molecule has 3 aromatic heterocycles. The lowest BCUT2D eigenvalue weighted by Gasteiger charge is -2.18. The Hall–Kier alpha value is -6.09. The molecule has 0 atom stereocenters. The predicted octanol–water partition coefficient (Wildman–Crippen LogP) is 5.20. The highest BCUT2D eigenvalue weighted by molar-refractivity contribution is 7.92. The van der Waals surface area contributed by atoms with E-state index in [1.54, 1.807) is 66.7 Å². The molecule has 0 spiro atoms. The smallest absolute Gasteiger partial charge is 0.412 e.